The lowest BCUT2D eigenvalue weighted by Crippen LogP contribution is -2.21. The van der Waals surface area contributed by atoms with Crippen LogP contribution in [0.3, 0.4) is 0 Å². The summed E-state index contributed by atoms with van der Waals surface area (Å²) in [6, 6.07) is 5.57. The van der Waals surface area contributed by atoms with Gasteiger partial charge in [0.2, 0.25) is 0 Å². The van der Waals surface area contributed by atoms with Crippen LogP contribution < -0.4 is 5.73 Å². The van der Waals surface area contributed by atoms with Gasteiger partial charge in [-0.05, 0) is 48.9 Å². The molecule has 0 saturated heterocycles. The summed E-state index contributed by atoms with van der Waals surface area (Å²) >= 11 is 0. The minimum absolute atomic E-state index is 0.365. The molecule has 0 saturated carbocycles. The highest BCUT2D eigenvalue weighted by Crippen LogP contribution is 2.22. The van der Waals surface area contributed by atoms with Gasteiger partial charge in [0, 0.05) is 0 Å². The van der Waals surface area contributed by atoms with Crippen molar-refractivity contribution in [3.05, 3.63) is 34.9 Å². The average Bonchev–Trinajstić information content (AvgIpc) is 2.35. The normalized spacial score (nSPS) is 13.9. The molecule has 1 aromatic carbocycles. The van der Waals surface area contributed by atoms with Gasteiger partial charge in [-0.25, -0.2) is 4.79 Å². The monoisotopic (exact) mass is 233 g/mol. The second-order valence-electron chi connectivity index (χ2n) is 4.23. The number of carbonyl (C=O) groups excluding carboxylic acids is 2. The van der Waals surface area contributed by atoms with Gasteiger partial charge in [-0.1, -0.05) is 6.07 Å². The van der Waals surface area contributed by atoms with Crippen molar-refractivity contribution < 1.29 is 14.3 Å². The number of carbonyl (C=O) groups is 2. The molecule has 1 aromatic rings. The minimum Gasteiger partial charge on any atom is -0.452 e. The zero-order valence-corrected chi connectivity index (χ0v) is 9.57. The number of fused-ring (bicyclic) bond motifs is 1. The van der Waals surface area contributed by atoms with Crippen molar-refractivity contribution in [2.45, 2.75) is 25.7 Å². The lowest BCUT2D eigenvalue weighted by molar-refractivity contribution is -0.121. The molecule has 0 atom stereocenters. The first-order chi connectivity index (χ1) is 8.16. The third-order valence-corrected chi connectivity index (χ3v) is 2.93. The molecule has 4 nitrogen and oxygen atoms in total. The maximum atomic E-state index is 11.6. The Morgan fingerprint density at radius 3 is 2.59 bits per heavy atom. The van der Waals surface area contributed by atoms with Crippen molar-refractivity contribution in [1.29, 1.82) is 0 Å². The van der Waals surface area contributed by atoms with Crippen LogP contribution >= 0.6 is 0 Å². The topological polar surface area (TPSA) is 69.4 Å². The first-order valence-corrected chi connectivity index (χ1v) is 5.74. The predicted molar refractivity (Wildman–Crippen MR) is 62.6 cm³/mol. The molecule has 2 rings (SSSR count). The second-order valence-corrected chi connectivity index (χ2v) is 4.23. The average molecular weight is 233 g/mol. The highest BCUT2D eigenvalue weighted by Gasteiger charge is 2.14. The molecule has 0 aromatic heterocycles. The molecule has 2 N–H and O–H groups in total. The van der Waals surface area contributed by atoms with Gasteiger partial charge in [0.05, 0.1) is 5.56 Å². The first kappa shape index (κ1) is 11.6. The quantitative estimate of drug-likeness (QED) is 0.798. The number of ether oxygens (including phenoxy) is 1. The van der Waals surface area contributed by atoms with Crippen LogP contribution in [0.15, 0.2) is 18.2 Å². The van der Waals surface area contributed by atoms with Crippen LogP contribution in [-0.4, -0.2) is 18.5 Å². The van der Waals surface area contributed by atoms with Crippen molar-refractivity contribution in [3.63, 3.8) is 0 Å². The number of aryl methyl sites for hydroxylation is 2. The molecule has 0 fully saturated rings. The van der Waals surface area contributed by atoms with E-state index in [1.807, 2.05) is 12.1 Å². The Morgan fingerprint density at radius 2 is 1.88 bits per heavy atom. The lowest BCUT2D eigenvalue weighted by atomic mass is 9.90. The van der Waals surface area contributed by atoms with Gasteiger partial charge in [0.15, 0.2) is 6.61 Å². The summed E-state index contributed by atoms with van der Waals surface area (Å²) in [6.07, 6.45) is 4.45. The van der Waals surface area contributed by atoms with Crippen molar-refractivity contribution in [2.75, 3.05) is 6.61 Å². The molecular weight excluding hydrogens is 218 g/mol. The standard InChI is InChI=1S/C13H15NO3/c14-12(15)8-17-13(16)11-6-5-9-3-1-2-4-10(9)7-11/h5-7H,1-4,8H2,(H2,14,15). The lowest BCUT2D eigenvalue weighted by Gasteiger charge is -2.16. The van der Waals surface area contributed by atoms with Gasteiger partial charge >= 0.3 is 5.97 Å². The van der Waals surface area contributed by atoms with Crippen molar-refractivity contribution in [2.24, 2.45) is 5.73 Å². The minimum atomic E-state index is -0.642. The summed E-state index contributed by atoms with van der Waals surface area (Å²) < 4.78 is 4.77. The third kappa shape index (κ3) is 2.84. The van der Waals surface area contributed by atoms with Gasteiger partial charge in [0.1, 0.15) is 0 Å². The van der Waals surface area contributed by atoms with Crippen LogP contribution in [0.25, 0.3) is 0 Å². The number of benzene rings is 1. The molecule has 0 radical (unpaired) electrons. The molecule has 0 aliphatic heterocycles. The van der Waals surface area contributed by atoms with Crippen LogP contribution in [0, 0.1) is 0 Å². The van der Waals surface area contributed by atoms with E-state index in [9.17, 15) is 9.59 Å². The number of nitrogens with two attached hydrogens (primary N) is 1. The van der Waals surface area contributed by atoms with Crippen LogP contribution in [0.1, 0.15) is 34.3 Å². The summed E-state index contributed by atoms with van der Waals surface area (Å²) in [5.41, 5.74) is 7.93. The second kappa shape index (κ2) is 4.99. The molecule has 1 aliphatic carbocycles. The summed E-state index contributed by atoms with van der Waals surface area (Å²) in [7, 11) is 0. The Bertz CT molecular complexity index is 454. The highest BCUT2D eigenvalue weighted by atomic mass is 16.5. The number of primary amides is 1. The number of hydrogen-bond acceptors (Lipinski definition) is 3. The maximum Gasteiger partial charge on any atom is 0.338 e. The van der Waals surface area contributed by atoms with E-state index in [0.717, 1.165) is 19.3 Å². The van der Waals surface area contributed by atoms with Crippen LogP contribution in [0.4, 0.5) is 0 Å². The third-order valence-electron chi connectivity index (χ3n) is 2.93. The van der Waals surface area contributed by atoms with Gasteiger partial charge in [-0.15, -0.1) is 0 Å². The summed E-state index contributed by atoms with van der Waals surface area (Å²) in [6.45, 7) is -0.365. The van der Waals surface area contributed by atoms with Crippen LogP contribution in [0.5, 0.6) is 0 Å². The number of hydrogen-bond donors (Lipinski definition) is 1. The summed E-state index contributed by atoms with van der Waals surface area (Å²) in [4.78, 5) is 22.1. The Kier molecular flexibility index (Phi) is 3.42. The first-order valence-electron chi connectivity index (χ1n) is 5.74. The Labute approximate surface area is 99.8 Å². The number of esters is 1. The molecule has 1 amide bonds. The highest BCUT2D eigenvalue weighted by molar-refractivity contribution is 5.91. The molecular formula is C13H15NO3. The fraction of sp³-hybridized carbons (Fsp3) is 0.385. The number of amides is 1. The van der Waals surface area contributed by atoms with Crippen molar-refractivity contribution in [1.82, 2.24) is 0 Å². The molecule has 90 valence electrons. The van der Waals surface area contributed by atoms with Crippen LogP contribution in [-0.2, 0) is 22.4 Å². The smallest absolute Gasteiger partial charge is 0.338 e. The van der Waals surface area contributed by atoms with Crippen LogP contribution in [0.2, 0.25) is 0 Å². The number of rotatable bonds is 3. The van der Waals surface area contributed by atoms with Gasteiger partial charge in [0.25, 0.3) is 5.91 Å². The van der Waals surface area contributed by atoms with E-state index in [1.165, 1.54) is 17.5 Å². The van der Waals surface area contributed by atoms with Gasteiger partial charge < -0.3 is 10.5 Å². The molecule has 0 bridgehead atoms. The molecule has 0 spiro atoms. The summed E-state index contributed by atoms with van der Waals surface area (Å²) in [5, 5.41) is 0. The van der Waals surface area contributed by atoms with E-state index in [1.54, 1.807) is 6.07 Å². The molecule has 0 heterocycles. The SMILES string of the molecule is NC(=O)COC(=O)c1ccc2c(c1)CCCC2. The van der Waals surface area contributed by atoms with E-state index in [4.69, 9.17) is 10.5 Å². The Balaban J connectivity index is 2.11. The Morgan fingerprint density at radius 1 is 1.18 bits per heavy atom. The van der Waals surface area contributed by atoms with Gasteiger partial charge in [-0.2, -0.15) is 0 Å². The molecule has 17 heavy (non-hydrogen) atoms. The predicted octanol–water partition coefficient (Wildman–Crippen LogP) is 1.21. The zero-order valence-electron chi connectivity index (χ0n) is 9.57. The van der Waals surface area contributed by atoms with E-state index >= 15 is 0 Å². The van der Waals surface area contributed by atoms with Crippen molar-refractivity contribution >= 4 is 11.9 Å². The van der Waals surface area contributed by atoms with E-state index < -0.39 is 11.9 Å². The van der Waals surface area contributed by atoms with E-state index in [0.29, 0.717) is 5.56 Å². The maximum absolute atomic E-state index is 11.6. The Hall–Kier alpha value is -1.84. The molecule has 4 heteroatoms. The zero-order chi connectivity index (χ0) is 12.3. The largest absolute Gasteiger partial charge is 0.452 e. The summed E-state index contributed by atoms with van der Waals surface area (Å²) in [5.74, 6) is -1.13. The van der Waals surface area contributed by atoms with Crippen molar-refractivity contribution in [3.8, 4) is 0 Å². The molecule has 0 unspecified atom stereocenters. The fourth-order valence-corrected chi connectivity index (χ4v) is 2.08. The fourth-order valence-electron chi connectivity index (χ4n) is 2.08. The van der Waals surface area contributed by atoms with E-state index in [-0.39, 0.29) is 6.61 Å². The van der Waals surface area contributed by atoms with E-state index in [2.05, 4.69) is 0 Å². The molecule has 1 aliphatic rings. The van der Waals surface area contributed by atoms with Gasteiger partial charge in [-0.3, -0.25) is 4.79 Å².